The molecule has 2 heterocycles. The molecule has 0 atom stereocenters. The predicted molar refractivity (Wildman–Crippen MR) is 127 cm³/mol. The Hall–Kier alpha value is -4.65. The summed E-state index contributed by atoms with van der Waals surface area (Å²) in [6, 6.07) is 24.8. The number of para-hydroxylation sites is 2. The van der Waals surface area contributed by atoms with Crippen LogP contribution in [-0.4, -0.2) is 26.6 Å². The molecule has 2 aromatic heterocycles. The molecule has 2 amide bonds. The van der Waals surface area contributed by atoms with Crippen molar-refractivity contribution in [2.45, 2.75) is 6.92 Å². The molecule has 162 valence electrons. The number of hydrazine groups is 1. The third-order valence-electron chi connectivity index (χ3n) is 5.50. The molecule has 0 saturated carbocycles. The lowest BCUT2D eigenvalue weighted by atomic mass is 10.0. The van der Waals surface area contributed by atoms with Crippen LogP contribution < -0.4 is 10.9 Å². The van der Waals surface area contributed by atoms with Crippen LogP contribution in [0.3, 0.4) is 0 Å². The third kappa shape index (κ3) is 3.87. The smallest absolute Gasteiger partial charge is 0.273 e. The molecular formula is C26H21N5O2. The zero-order valence-electron chi connectivity index (χ0n) is 17.9. The molecule has 33 heavy (non-hydrogen) atoms. The van der Waals surface area contributed by atoms with E-state index < -0.39 is 11.8 Å². The first-order valence-corrected chi connectivity index (χ1v) is 10.5. The average Bonchev–Trinajstić information content (AvgIpc) is 3.48. The van der Waals surface area contributed by atoms with Crippen LogP contribution in [0.4, 0.5) is 0 Å². The van der Waals surface area contributed by atoms with Gasteiger partial charge in [0.05, 0.1) is 16.8 Å². The van der Waals surface area contributed by atoms with Crippen LogP contribution in [0.2, 0.25) is 0 Å². The fraction of sp³-hybridized carbons (Fsp3) is 0.0385. The van der Waals surface area contributed by atoms with Crippen molar-refractivity contribution in [3.8, 4) is 16.9 Å². The molecule has 0 radical (unpaired) electrons. The van der Waals surface area contributed by atoms with Gasteiger partial charge in [-0.15, -0.1) is 0 Å². The summed E-state index contributed by atoms with van der Waals surface area (Å²) in [5.41, 5.74) is 9.92. The number of nitrogens with zero attached hydrogens (tertiary/aromatic N) is 2. The van der Waals surface area contributed by atoms with Crippen molar-refractivity contribution in [2.75, 3.05) is 0 Å². The van der Waals surface area contributed by atoms with Crippen molar-refractivity contribution in [3.05, 3.63) is 108 Å². The van der Waals surface area contributed by atoms with E-state index in [0.717, 1.165) is 27.7 Å². The van der Waals surface area contributed by atoms with Gasteiger partial charge >= 0.3 is 0 Å². The molecule has 0 unspecified atom stereocenters. The van der Waals surface area contributed by atoms with Crippen LogP contribution >= 0.6 is 0 Å². The zero-order chi connectivity index (χ0) is 22.8. The van der Waals surface area contributed by atoms with Crippen molar-refractivity contribution in [1.29, 1.82) is 0 Å². The van der Waals surface area contributed by atoms with E-state index in [0.29, 0.717) is 16.8 Å². The first kappa shape index (κ1) is 20.3. The van der Waals surface area contributed by atoms with Crippen LogP contribution in [0, 0.1) is 6.92 Å². The van der Waals surface area contributed by atoms with Gasteiger partial charge in [0.2, 0.25) is 0 Å². The summed E-state index contributed by atoms with van der Waals surface area (Å²) in [6.45, 7) is 1.97. The van der Waals surface area contributed by atoms with Crippen LogP contribution in [0.15, 0.2) is 91.3 Å². The lowest BCUT2D eigenvalue weighted by Gasteiger charge is -2.08. The minimum Gasteiger partial charge on any atom is -0.360 e. The van der Waals surface area contributed by atoms with E-state index in [9.17, 15) is 9.59 Å². The SMILES string of the molecule is Cc1ccccc1-c1nn(-c2ccccc2)cc1C(=O)NNC(=O)c1c[nH]c2ccccc12. The number of aromatic amines is 1. The maximum Gasteiger partial charge on any atom is 0.273 e. The molecule has 7 nitrogen and oxygen atoms in total. The van der Waals surface area contributed by atoms with Gasteiger partial charge < -0.3 is 4.98 Å². The first-order chi connectivity index (χ1) is 16.1. The van der Waals surface area contributed by atoms with Gasteiger partial charge in [-0.05, 0) is 30.7 Å². The lowest BCUT2D eigenvalue weighted by molar-refractivity contribution is 0.0848. The van der Waals surface area contributed by atoms with E-state index >= 15 is 0 Å². The number of aryl methyl sites for hydroxylation is 1. The quantitative estimate of drug-likeness (QED) is 0.365. The van der Waals surface area contributed by atoms with E-state index in [4.69, 9.17) is 0 Å². The Balaban J connectivity index is 1.45. The molecule has 0 aliphatic rings. The topological polar surface area (TPSA) is 91.8 Å². The lowest BCUT2D eigenvalue weighted by Crippen LogP contribution is -2.41. The minimum atomic E-state index is -0.455. The highest BCUT2D eigenvalue weighted by Crippen LogP contribution is 2.26. The Kier molecular flexibility index (Phi) is 5.20. The van der Waals surface area contributed by atoms with E-state index in [1.54, 1.807) is 17.1 Å². The van der Waals surface area contributed by atoms with Gasteiger partial charge in [0, 0.05) is 28.9 Å². The van der Waals surface area contributed by atoms with Gasteiger partial charge in [-0.2, -0.15) is 5.10 Å². The molecule has 5 aromatic rings. The second-order valence-electron chi connectivity index (χ2n) is 7.64. The van der Waals surface area contributed by atoms with Gasteiger partial charge in [0.25, 0.3) is 11.8 Å². The number of amides is 2. The Morgan fingerprint density at radius 2 is 1.48 bits per heavy atom. The minimum absolute atomic E-state index is 0.354. The molecule has 0 spiro atoms. The van der Waals surface area contributed by atoms with Crippen molar-refractivity contribution >= 4 is 22.7 Å². The highest BCUT2D eigenvalue weighted by atomic mass is 16.2. The van der Waals surface area contributed by atoms with Crippen molar-refractivity contribution in [2.24, 2.45) is 0 Å². The molecule has 0 aliphatic carbocycles. The van der Waals surface area contributed by atoms with E-state index in [1.165, 1.54) is 0 Å². The predicted octanol–water partition coefficient (Wildman–Crippen LogP) is 4.40. The second kappa shape index (κ2) is 8.47. The molecule has 0 saturated heterocycles. The number of carbonyl (C=O) groups excluding carboxylic acids is 2. The van der Waals surface area contributed by atoms with Crippen LogP contribution in [0.1, 0.15) is 26.3 Å². The molecule has 3 aromatic carbocycles. The summed E-state index contributed by atoms with van der Waals surface area (Å²) < 4.78 is 1.66. The largest absolute Gasteiger partial charge is 0.360 e. The number of H-pyrrole nitrogens is 1. The number of aromatic nitrogens is 3. The highest BCUT2D eigenvalue weighted by molar-refractivity contribution is 6.08. The third-order valence-corrected chi connectivity index (χ3v) is 5.50. The van der Waals surface area contributed by atoms with Crippen LogP contribution in [0.25, 0.3) is 27.8 Å². The Morgan fingerprint density at radius 3 is 2.27 bits per heavy atom. The molecule has 7 heteroatoms. The monoisotopic (exact) mass is 435 g/mol. The number of rotatable bonds is 4. The van der Waals surface area contributed by atoms with E-state index in [1.807, 2.05) is 85.8 Å². The number of fused-ring (bicyclic) bond motifs is 1. The van der Waals surface area contributed by atoms with Gasteiger partial charge in [-0.1, -0.05) is 60.7 Å². The maximum atomic E-state index is 13.1. The average molecular weight is 435 g/mol. The fourth-order valence-electron chi connectivity index (χ4n) is 3.80. The summed E-state index contributed by atoms with van der Waals surface area (Å²) >= 11 is 0. The molecular weight excluding hydrogens is 414 g/mol. The molecule has 5 rings (SSSR count). The Labute approximate surface area is 190 Å². The van der Waals surface area contributed by atoms with Gasteiger partial charge in [0.1, 0.15) is 5.69 Å². The number of carbonyl (C=O) groups is 2. The molecule has 0 bridgehead atoms. The normalized spacial score (nSPS) is 10.8. The van der Waals surface area contributed by atoms with Crippen molar-refractivity contribution in [1.82, 2.24) is 25.6 Å². The van der Waals surface area contributed by atoms with Crippen molar-refractivity contribution < 1.29 is 9.59 Å². The van der Waals surface area contributed by atoms with Crippen LogP contribution in [-0.2, 0) is 0 Å². The number of nitrogens with one attached hydrogen (secondary N) is 3. The van der Waals surface area contributed by atoms with Crippen LogP contribution in [0.5, 0.6) is 0 Å². The summed E-state index contributed by atoms with van der Waals surface area (Å²) in [5, 5.41) is 5.47. The fourth-order valence-corrected chi connectivity index (χ4v) is 3.80. The van der Waals surface area contributed by atoms with E-state index in [2.05, 4.69) is 20.9 Å². The number of hydrogen-bond donors (Lipinski definition) is 3. The molecule has 0 fully saturated rings. The molecule has 3 N–H and O–H groups in total. The summed E-state index contributed by atoms with van der Waals surface area (Å²) in [4.78, 5) is 28.9. The Morgan fingerprint density at radius 1 is 0.818 bits per heavy atom. The second-order valence-corrected chi connectivity index (χ2v) is 7.64. The summed E-state index contributed by atoms with van der Waals surface area (Å²) in [5.74, 6) is -0.864. The standard InChI is InChI=1S/C26H21N5O2/c1-17-9-5-6-12-19(17)24-22(16-31(30-24)18-10-3-2-4-11-18)26(33)29-28-25(32)21-15-27-23-14-8-7-13-20(21)23/h2-16,27H,1H3,(H,28,32)(H,29,33). The molecule has 0 aliphatic heterocycles. The Bertz CT molecular complexity index is 1470. The van der Waals surface area contributed by atoms with Crippen molar-refractivity contribution in [3.63, 3.8) is 0 Å². The summed E-state index contributed by atoms with van der Waals surface area (Å²) in [7, 11) is 0. The highest BCUT2D eigenvalue weighted by Gasteiger charge is 2.21. The van der Waals surface area contributed by atoms with Gasteiger partial charge in [0.15, 0.2) is 0 Å². The van der Waals surface area contributed by atoms with Gasteiger partial charge in [-0.3, -0.25) is 20.4 Å². The summed E-state index contributed by atoms with van der Waals surface area (Å²) in [6.07, 6.45) is 3.29. The zero-order valence-corrected chi connectivity index (χ0v) is 17.9. The number of benzene rings is 3. The maximum absolute atomic E-state index is 13.1. The number of hydrogen-bond acceptors (Lipinski definition) is 3. The first-order valence-electron chi connectivity index (χ1n) is 10.5. The van der Waals surface area contributed by atoms with E-state index in [-0.39, 0.29) is 0 Å². The van der Waals surface area contributed by atoms with Gasteiger partial charge in [-0.25, -0.2) is 4.68 Å².